The molecule has 0 saturated heterocycles. The van der Waals surface area contributed by atoms with Gasteiger partial charge in [-0.25, -0.2) is 0 Å². The van der Waals surface area contributed by atoms with Crippen molar-refractivity contribution in [3.63, 3.8) is 0 Å². The minimum Gasteiger partial charge on any atom is -0.495 e. The van der Waals surface area contributed by atoms with Crippen molar-refractivity contribution in [2.75, 3.05) is 18.2 Å². The minimum absolute atomic E-state index is 0.592. The van der Waals surface area contributed by atoms with E-state index in [1.807, 2.05) is 31.4 Å². The Labute approximate surface area is 93.8 Å². The first-order chi connectivity index (χ1) is 7.70. The van der Waals surface area contributed by atoms with Crippen LogP contribution in [0.4, 0.5) is 17.1 Å². The third-order valence-electron chi connectivity index (χ3n) is 2.27. The normalized spacial score (nSPS) is 10.1. The lowest BCUT2D eigenvalue weighted by Crippen LogP contribution is -1.98. The number of ether oxygens (including phenoxy) is 1. The lowest BCUT2D eigenvalue weighted by atomic mass is 10.2. The number of para-hydroxylation sites is 1. The van der Waals surface area contributed by atoms with E-state index in [1.54, 1.807) is 18.0 Å². The van der Waals surface area contributed by atoms with Crippen molar-refractivity contribution in [1.29, 1.82) is 0 Å². The summed E-state index contributed by atoms with van der Waals surface area (Å²) in [7, 11) is 3.46. The van der Waals surface area contributed by atoms with Gasteiger partial charge in [0.2, 0.25) is 0 Å². The molecule has 0 aliphatic carbocycles. The molecule has 0 atom stereocenters. The summed E-state index contributed by atoms with van der Waals surface area (Å²) in [5.41, 5.74) is 8.23. The Morgan fingerprint density at radius 3 is 2.88 bits per heavy atom. The van der Waals surface area contributed by atoms with Crippen LogP contribution in [0.25, 0.3) is 0 Å². The van der Waals surface area contributed by atoms with Crippen molar-refractivity contribution in [3.8, 4) is 5.75 Å². The van der Waals surface area contributed by atoms with Gasteiger partial charge in [0.15, 0.2) is 0 Å². The van der Waals surface area contributed by atoms with Gasteiger partial charge in [-0.1, -0.05) is 6.07 Å². The number of hydrogen-bond donors (Lipinski definition) is 2. The number of nitrogens with zero attached hydrogens (tertiary/aromatic N) is 2. The van der Waals surface area contributed by atoms with Gasteiger partial charge < -0.3 is 15.8 Å². The summed E-state index contributed by atoms with van der Waals surface area (Å²) in [5.74, 6) is 0.661. The van der Waals surface area contributed by atoms with E-state index in [0.717, 1.165) is 11.4 Å². The SMILES string of the molecule is COc1cccc(Nc2cnn(C)c2)c1N. The first-order valence-corrected chi connectivity index (χ1v) is 4.89. The lowest BCUT2D eigenvalue weighted by Gasteiger charge is -2.10. The zero-order valence-electron chi connectivity index (χ0n) is 9.27. The molecule has 0 radical (unpaired) electrons. The predicted molar refractivity (Wildman–Crippen MR) is 63.9 cm³/mol. The van der Waals surface area contributed by atoms with E-state index < -0.39 is 0 Å². The number of aryl methyl sites for hydroxylation is 1. The van der Waals surface area contributed by atoms with Crippen LogP contribution < -0.4 is 15.8 Å². The number of rotatable bonds is 3. The molecule has 16 heavy (non-hydrogen) atoms. The summed E-state index contributed by atoms with van der Waals surface area (Å²) in [4.78, 5) is 0. The highest BCUT2D eigenvalue weighted by atomic mass is 16.5. The summed E-state index contributed by atoms with van der Waals surface area (Å²) in [5, 5.41) is 7.25. The average Bonchev–Trinajstić information content (AvgIpc) is 2.67. The Morgan fingerprint density at radius 1 is 1.44 bits per heavy atom. The zero-order valence-corrected chi connectivity index (χ0v) is 9.27. The first kappa shape index (κ1) is 10.4. The fraction of sp³-hybridized carbons (Fsp3) is 0.182. The Hall–Kier alpha value is -2.17. The molecule has 0 aliphatic rings. The summed E-state index contributed by atoms with van der Waals surface area (Å²) in [6, 6.07) is 5.60. The Bertz CT molecular complexity index is 492. The highest BCUT2D eigenvalue weighted by molar-refractivity contribution is 5.77. The van der Waals surface area contributed by atoms with Crippen LogP contribution in [-0.4, -0.2) is 16.9 Å². The van der Waals surface area contributed by atoms with Crippen molar-refractivity contribution < 1.29 is 4.74 Å². The quantitative estimate of drug-likeness (QED) is 0.770. The smallest absolute Gasteiger partial charge is 0.143 e. The topological polar surface area (TPSA) is 65.1 Å². The van der Waals surface area contributed by atoms with Crippen molar-refractivity contribution in [2.45, 2.75) is 0 Å². The molecule has 84 valence electrons. The van der Waals surface area contributed by atoms with Crippen molar-refractivity contribution in [2.24, 2.45) is 7.05 Å². The van der Waals surface area contributed by atoms with E-state index in [-0.39, 0.29) is 0 Å². The third-order valence-corrected chi connectivity index (χ3v) is 2.27. The molecule has 0 amide bonds. The number of nitrogens with one attached hydrogen (secondary N) is 1. The van der Waals surface area contributed by atoms with Gasteiger partial charge in [-0.05, 0) is 12.1 Å². The molecule has 0 spiro atoms. The molecule has 0 aliphatic heterocycles. The maximum atomic E-state index is 5.93. The molecule has 5 nitrogen and oxygen atoms in total. The number of anilines is 3. The largest absolute Gasteiger partial charge is 0.495 e. The highest BCUT2D eigenvalue weighted by Gasteiger charge is 2.05. The molecule has 0 saturated carbocycles. The fourth-order valence-corrected chi connectivity index (χ4v) is 1.47. The number of nitrogens with two attached hydrogens (primary N) is 1. The van der Waals surface area contributed by atoms with E-state index in [0.29, 0.717) is 11.4 Å². The third kappa shape index (κ3) is 1.93. The van der Waals surface area contributed by atoms with Gasteiger partial charge in [-0.15, -0.1) is 0 Å². The van der Waals surface area contributed by atoms with E-state index in [2.05, 4.69) is 10.4 Å². The minimum atomic E-state index is 0.592. The first-order valence-electron chi connectivity index (χ1n) is 4.89. The summed E-state index contributed by atoms with van der Waals surface area (Å²) in [6.07, 6.45) is 3.61. The molecule has 2 rings (SSSR count). The van der Waals surface area contributed by atoms with E-state index >= 15 is 0 Å². The monoisotopic (exact) mass is 218 g/mol. The van der Waals surface area contributed by atoms with Crippen LogP contribution in [0.15, 0.2) is 30.6 Å². The number of hydrogen-bond acceptors (Lipinski definition) is 4. The number of methoxy groups -OCH3 is 1. The number of aromatic nitrogens is 2. The maximum Gasteiger partial charge on any atom is 0.143 e. The molecule has 1 aromatic heterocycles. The van der Waals surface area contributed by atoms with Crippen LogP contribution in [0.3, 0.4) is 0 Å². The second-order valence-electron chi connectivity index (χ2n) is 3.45. The molecule has 0 bridgehead atoms. The molecule has 5 heteroatoms. The predicted octanol–water partition coefficient (Wildman–Crippen LogP) is 1.75. The average molecular weight is 218 g/mol. The summed E-state index contributed by atoms with van der Waals surface area (Å²) < 4.78 is 6.86. The molecule has 2 aromatic rings. The van der Waals surface area contributed by atoms with Gasteiger partial charge in [-0.2, -0.15) is 5.10 Å². The summed E-state index contributed by atoms with van der Waals surface area (Å²) in [6.45, 7) is 0. The molecular weight excluding hydrogens is 204 g/mol. The van der Waals surface area contributed by atoms with Gasteiger partial charge >= 0.3 is 0 Å². The van der Waals surface area contributed by atoms with Gasteiger partial charge in [0.1, 0.15) is 5.75 Å². The summed E-state index contributed by atoms with van der Waals surface area (Å²) >= 11 is 0. The molecule has 0 fully saturated rings. The Balaban J connectivity index is 2.28. The molecule has 0 unspecified atom stereocenters. The lowest BCUT2D eigenvalue weighted by molar-refractivity contribution is 0.417. The zero-order chi connectivity index (χ0) is 11.5. The van der Waals surface area contributed by atoms with E-state index in [4.69, 9.17) is 10.5 Å². The van der Waals surface area contributed by atoms with Crippen LogP contribution in [0.5, 0.6) is 5.75 Å². The molecule has 1 aromatic carbocycles. The van der Waals surface area contributed by atoms with Crippen LogP contribution >= 0.6 is 0 Å². The van der Waals surface area contributed by atoms with Crippen LogP contribution in [0.2, 0.25) is 0 Å². The standard InChI is InChI=1S/C11H14N4O/c1-15-7-8(6-13-15)14-9-4-3-5-10(16-2)11(9)12/h3-7,14H,12H2,1-2H3. The second-order valence-corrected chi connectivity index (χ2v) is 3.45. The van der Waals surface area contributed by atoms with Gasteiger partial charge in [-0.3, -0.25) is 4.68 Å². The van der Waals surface area contributed by atoms with Gasteiger partial charge in [0, 0.05) is 13.2 Å². The number of benzene rings is 1. The van der Waals surface area contributed by atoms with Crippen molar-refractivity contribution in [3.05, 3.63) is 30.6 Å². The van der Waals surface area contributed by atoms with Crippen molar-refractivity contribution >= 4 is 17.1 Å². The van der Waals surface area contributed by atoms with Crippen molar-refractivity contribution in [1.82, 2.24) is 9.78 Å². The molecule has 3 N–H and O–H groups in total. The van der Waals surface area contributed by atoms with Crippen LogP contribution in [0, 0.1) is 0 Å². The Kier molecular flexibility index (Phi) is 2.68. The van der Waals surface area contributed by atoms with Crippen LogP contribution in [0.1, 0.15) is 0 Å². The van der Waals surface area contributed by atoms with Crippen LogP contribution in [-0.2, 0) is 7.05 Å². The van der Waals surface area contributed by atoms with Gasteiger partial charge in [0.25, 0.3) is 0 Å². The van der Waals surface area contributed by atoms with E-state index in [1.165, 1.54) is 0 Å². The van der Waals surface area contributed by atoms with E-state index in [9.17, 15) is 0 Å². The maximum absolute atomic E-state index is 5.93. The van der Waals surface area contributed by atoms with Gasteiger partial charge in [0.05, 0.1) is 30.4 Å². The molecular formula is C11H14N4O. The highest BCUT2D eigenvalue weighted by Crippen LogP contribution is 2.30. The number of nitrogen functional groups attached to an aromatic ring is 1. The second kappa shape index (κ2) is 4.14. The fourth-order valence-electron chi connectivity index (χ4n) is 1.47. The molecule has 1 heterocycles. The Morgan fingerprint density at radius 2 is 2.25 bits per heavy atom.